The summed E-state index contributed by atoms with van der Waals surface area (Å²) in [5.41, 5.74) is 7.75. The van der Waals surface area contributed by atoms with Crippen LogP contribution >= 0.6 is 0 Å². The van der Waals surface area contributed by atoms with Crippen LogP contribution in [0.5, 0.6) is 5.75 Å². The molecule has 2 heteroatoms. The van der Waals surface area contributed by atoms with Crippen molar-refractivity contribution < 1.29 is 4.74 Å². The summed E-state index contributed by atoms with van der Waals surface area (Å²) in [6.07, 6.45) is 6.36. The zero-order chi connectivity index (χ0) is 13.2. The standard InChI is InChI=1S/C17H25NO/c1-2-12-7-8-16(18)13(9-12)10-14-11-19-17-6-4-3-5-15(14)17/h3-6,12-14,16H,2,7-11,18H2,1H3. The van der Waals surface area contributed by atoms with Gasteiger partial charge >= 0.3 is 0 Å². The molecule has 3 rings (SSSR count). The highest BCUT2D eigenvalue weighted by atomic mass is 16.5. The summed E-state index contributed by atoms with van der Waals surface area (Å²) < 4.78 is 5.80. The van der Waals surface area contributed by atoms with E-state index >= 15 is 0 Å². The molecule has 0 saturated heterocycles. The smallest absolute Gasteiger partial charge is 0.122 e. The molecule has 2 nitrogen and oxygen atoms in total. The van der Waals surface area contributed by atoms with Crippen molar-refractivity contribution >= 4 is 0 Å². The highest BCUT2D eigenvalue weighted by Gasteiger charge is 2.32. The molecule has 2 aliphatic rings. The third-order valence-corrected chi connectivity index (χ3v) is 5.11. The average molecular weight is 259 g/mol. The molecular formula is C17H25NO. The van der Waals surface area contributed by atoms with E-state index in [2.05, 4.69) is 31.2 Å². The topological polar surface area (TPSA) is 35.2 Å². The van der Waals surface area contributed by atoms with Gasteiger partial charge in [0.15, 0.2) is 0 Å². The number of hydrogen-bond donors (Lipinski definition) is 1. The van der Waals surface area contributed by atoms with Crippen molar-refractivity contribution in [2.24, 2.45) is 17.6 Å². The first kappa shape index (κ1) is 13.0. The van der Waals surface area contributed by atoms with Crippen LogP contribution in [0.4, 0.5) is 0 Å². The molecule has 1 aliphatic carbocycles. The van der Waals surface area contributed by atoms with Gasteiger partial charge in [-0.15, -0.1) is 0 Å². The van der Waals surface area contributed by atoms with Crippen LogP contribution in [0.3, 0.4) is 0 Å². The van der Waals surface area contributed by atoms with Crippen molar-refractivity contribution in [2.45, 2.75) is 51.0 Å². The summed E-state index contributed by atoms with van der Waals surface area (Å²) >= 11 is 0. The maximum atomic E-state index is 6.35. The lowest BCUT2D eigenvalue weighted by molar-refractivity contribution is 0.199. The van der Waals surface area contributed by atoms with Crippen molar-refractivity contribution in [2.75, 3.05) is 6.61 Å². The van der Waals surface area contributed by atoms with Gasteiger partial charge in [0.25, 0.3) is 0 Å². The Bertz CT molecular complexity index is 431. The predicted molar refractivity (Wildman–Crippen MR) is 78.4 cm³/mol. The van der Waals surface area contributed by atoms with E-state index in [1.165, 1.54) is 37.7 Å². The first-order chi connectivity index (χ1) is 9.28. The molecule has 1 aliphatic heterocycles. The molecule has 1 aromatic rings. The maximum absolute atomic E-state index is 6.35. The second-order valence-corrected chi connectivity index (χ2v) is 6.29. The fourth-order valence-electron chi connectivity index (χ4n) is 3.82. The molecule has 4 unspecified atom stereocenters. The van der Waals surface area contributed by atoms with Crippen LogP contribution in [0.2, 0.25) is 0 Å². The molecule has 4 atom stereocenters. The quantitative estimate of drug-likeness (QED) is 0.898. The van der Waals surface area contributed by atoms with Gasteiger partial charge in [0.2, 0.25) is 0 Å². The summed E-state index contributed by atoms with van der Waals surface area (Å²) in [7, 11) is 0. The van der Waals surface area contributed by atoms with Gasteiger partial charge in [-0.1, -0.05) is 31.5 Å². The van der Waals surface area contributed by atoms with Gasteiger partial charge in [-0.2, -0.15) is 0 Å². The zero-order valence-corrected chi connectivity index (χ0v) is 11.8. The number of para-hydroxylation sites is 1. The number of benzene rings is 1. The van der Waals surface area contributed by atoms with Crippen LogP contribution in [-0.4, -0.2) is 12.6 Å². The molecule has 1 fully saturated rings. The molecule has 0 radical (unpaired) electrons. The largest absolute Gasteiger partial charge is 0.493 e. The molecule has 0 spiro atoms. The van der Waals surface area contributed by atoms with E-state index < -0.39 is 0 Å². The van der Waals surface area contributed by atoms with Crippen LogP contribution in [0.1, 0.15) is 50.5 Å². The molecule has 0 amide bonds. The van der Waals surface area contributed by atoms with Gasteiger partial charge < -0.3 is 10.5 Å². The molecule has 0 aromatic heterocycles. The third kappa shape index (κ3) is 2.64. The minimum absolute atomic E-state index is 0.399. The second kappa shape index (κ2) is 5.54. The van der Waals surface area contributed by atoms with E-state index in [4.69, 9.17) is 10.5 Å². The van der Waals surface area contributed by atoms with Crippen LogP contribution in [0.25, 0.3) is 0 Å². The minimum Gasteiger partial charge on any atom is -0.493 e. The van der Waals surface area contributed by atoms with Crippen LogP contribution in [0.15, 0.2) is 24.3 Å². The Morgan fingerprint density at radius 2 is 2.11 bits per heavy atom. The van der Waals surface area contributed by atoms with Crippen molar-refractivity contribution in [3.63, 3.8) is 0 Å². The monoisotopic (exact) mass is 259 g/mol. The van der Waals surface area contributed by atoms with Crippen molar-refractivity contribution in [3.05, 3.63) is 29.8 Å². The lowest BCUT2D eigenvalue weighted by Crippen LogP contribution is -2.37. The van der Waals surface area contributed by atoms with Gasteiger partial charge in [-0.05, 0) is 43.6 Å². The van der Waals surface area contributed by atoms with Crippen molar-refractivity contribution in [3.8, 4) is 5.75 Å². The Kier molecular flexibility index (Phi) is 3.79. The summed E-state index contributed by atoms with van der Waals surface area (Å²) in [4.78, 5) is 0. The number of hydrogen-bond acceptors (Lipinski definition) is 2. The predicted octanol–water partition coefficient (Wildman–Crippen LogP) is 3.71. The van der Waals surface area contributed by atoms with Gasteiger partial charge in [-0.3, -0.25) is 0 Å². The first-order valence-corrected chi connectivity index (χ1v) is 7.75. The van der Waals surface area contributed by atoms with Gasteiger partial charge in [0.1, 0.15) is 5.75 Å². The lowest BCUT2D eigenvalue weighted by Gasteiger charge is -2.35. The van der Waals surface area contributed by atoms with Crippen molar-refractivity contribution in [1.82, 2.24) is 0 Å². The summed E-state index contributed by atoms with van der Waals surface area (Å²) in [5.74, 6) is 3.22. The average Bonchev–Trinajstić information content (AvgIpc) is 2.85. The number of fused-ring (bicyclic) bond motifs is 1. The lowest BCUT2D eigenvalue weighted by atomic mass is 9.73. The van der Waals surface area contributed by atoms with E-state index in [9.17, 15) is 0 Å². The maximum Gasteiger partial charge on any atom is 0.122 e. The fourth-order valence-corrected chi connectivity index (χ4v) is 3.82. The first-order valence-electron chi connectivity index (χ1n) is 7.75. The van der Waals surface area contributed by atoms with E-state index in [1.807, 2.05) is 0 Å². The highest BCUT2D eigenvalue weighted by Crippen LogP contribution is 2.41. The van der Waals surface area contributed by atoms with Crippen molar-refractivity contribution in [1.29, 1.82) is 0 Å². The molecule has 1 saturated carbocycles. The molecule has 0 bridgehead atoms. The highest BCUT2D eigenvalue weighted by molar-refractivity contribution is 5.39. The zero-order valence-electron chi connectivity index (χ0n) is 11.8. The molecule has 104 valence electrons. The van der Waals surface area contributed by atoms with Gasteiger partial charge in [0, 0.05) is 17.5 Å². The molecule has 1 heterocycles. The summed E-state index contributed by atoms with van der Waals surface area (Å²) in [6, 6.07) is 8.89. The Morgan fingerprint density at radius 1 is 1.26 bits per heavy atom. The molecule has 19 heavy (non-hydrogen) atoms. The van der Waals surface area contributed by atoms with Gasteiger partial charge in [0.05, 0.1) is 6.61 Å². The Labute approximate surface area is 116 Å². The van der Waals surface area contributed by atoms with Gasteiger partial charge in [-0.25, -0.2) is 0 Å². The number of rotatable bonds is 3. The Morgan fingerprint density at radius 3 is 2.95 bits per heavy atom. The second-order valence-electron chi connectivity index (χ2n) is 6.29. The van der Waals surface area contributed by atoms with Crippen LogP contribution in [0, 0.1) is 11.8 Å². The SMILES string of the molecule is CCC1CCC(N)C(CC2COc3ccccc32)C1. The van der Waals surface area contributed by atoms with Crippen LogP contribution < -0.4 is 10.5 Å². The van der Waals surface area contributed by atoms with E-state index in [-0.39, 0.29) is 0 Å². The number of ether oxygens (including phenoxy) is 1. The normalized spacial score (nSPS) is 33.8. The molecule has 1 aromatic carbocycles. The number of nitrogens with two attached hydrogens (primary N) is 1. The Balaban J connectivity index is 1.68. The summed E-state index contributed by atoms with van der Waals surface area (Å²) in [6.45, 7) is 3.16. The summed E-state index contributed by atoms with van der Waals surface area (Å²) in [5, 5.41) is 0. The van der Waals surface area contributed by atoms with E-state index in [0.717, 1.165) is 18.3 Å². The molecule has 2 N–H and O–H groups in total. The fraction of sp³-hybridized carbons (Fsp3) is 0.647. The van der Waals surface area contributed by atoms with Crippen LogP contribution in [-0.2, 0) is 0 Å². The third-order valence-electron chi connectivity index (χ3n) is 5.11. The van der Waals surface area contributed by atoms with E-state index in [1.54, 1.807) is 0 Å². The Hall–Kier alpha value is -1.02. The minimum atomic E-state index is 0.399. The molecular weight excluding hydrogens is 234 g/mol. The van der Waals surface area contributed by atoms with E-state index in [0.29, 0.717) is 17.9 Å².